The minimum atomic E-state index is 0.0274. The summed E-state index contributed by atoms with van der Waals surface area (Å²) < 4.78 is 0. The molecule has 0 aromatic heterocycles. The van der Waals surface area contributed by atoms with E-state index < -0.39 is 0 Å². The fraction of sp³-hybridized carbons (Fsp3) is 0.600. The van der Waals surface area contributed by atoms with E-state index in [1.807, 2.05) is 0 Å². The van der Waals surface area contributed by atoms with Crippen molar-refractivity contribution in [3.63, 3.8) is 0 Å². The number of benzene rings is 1. The monoisotopic (exact) mass is 235 g/mol. The summed E-state index contributed by atoms with van der Waals surface area (Å²) in [7, 11) is 2.10. The Bertz CT molecular complexity index is 319. The molecule has 1 N–H and O–H groups in total. The molecule has 0 atom stereocenters. The Morgan fingerprint density at radius 2 is 1.65 bits per heavy atom. The Morgan fingerprint density at radius 1 is 1.12 bits per heavy atom. The van der Waals surface area contributed by atoms with Gasteiger partial charge in [0.1, 0.15) is 0 Å². The highest BCUT2D eigenvalue weighted by Gasteiger charge is 2.26. The quantitative estimate of drug-likeness (QED) is 0.818. The minimum Gasteiger partial charge on any atom is -0.396 e. The molecule has 0 aliphatic rings. The molecule has 0 radical (unpaired) electrons. The predicted molar refractivity (Wildman–Crippen MR) is 74.5 cm³/mol. The molecule has 0 heterocycles. The van der Waals surface area contributed by atoms with Crippen molar-refractivity contribution in [3.05, 3.63) is 29.8 Å². The van der Waals surface area contributed by atoms with Gasteiger partial charge in [-0.1, -0.05) is 31.5 Å². The lowest BCUT2D eigenvalue weighted by atomic mass is 9.82. The van der Waals surface area contributed by atoms with Crippen molar-refractivity contribution >= 4 is 5.69 Å². The Morgan fingerprint density at radius 3 is 2.06 bits per heavy atom. The highest BCUT2D eigenvalue weighted by Crippen LogP contribution is 2.28. The van der Waals surface area contributed by atoms with E-state index in [1.54, 1.807) is 0 Å². The zero-order valence-electron chi connectivity index (χ0n) is 11.5. The fourth-order valence-electron chi connectivity index (χ4n) is 2.14. The van der Waals surface area contributed by atoms with Crippen LogP contribution in [0.2, 0.25) is 0 Å². The number of aryl methyl sites for hydroxylation is 1. The molecule has 0 aliphatic heterocycles. The first-order valence-corrected chi connectivity index (χ1v) is 6.45. The molecular weight excluding hydrogens is 210 g/mol. The summed E-state index contributed by atoms with van der Waals surface area (Å²) >= 11 is 0. The van der Waals surface area contributed by atoms with Gasteiger partial charge in [-0.25, -0.2) is 0 Å². The van der Waals surface area contributed by atoms with Gasteiger partial charge in [0.15, 0.2) is 0 Å². The summed E-state index contributed by atoms with van der Waals surface area (Å²) in [6, 6.07) is 8.54. The van der Waals surface area contributed by atoms with Crippen LogP contribution in [0.15, 0.2) is 24.3 Å². The van der Waals surface area contributed by atoms with Gasteiger partial charge in [-0.05, 0) is 31.9 Å². The summed E-state index contributed by atoms with van der Waals surface area (Å²) in [6.07, 6.45) is 2.02. The average Bonchev–Trinajstić information content (AvgIpc) is 2.37. The molecule has 0 saturated carbocycles. The Labute approximate surface area is 105 Å². The molecule has 1 rings (SSSR count). The first-order valence-electron chi connectivity index (χ1n) is 6.45. The van der Waals surface area contributed by atoms with Gasteiger partial charge in [-0.2, -0.15) is 0 Å². The molecule has 0 spiro atoms. The highest BCUT2D eigenvalue weighted by molar-refractivity contribution is 5.46. The van der Waals surface area contributed by atoms with Crippen molar-refractivity contribution in [2.24, 2.45) is 5.41 Å². The lowest BCUT2D eigenvalue weighted by Crippen LogP contribution is -2.37. The third-order valence-electron chi connectivity index (χ3n) is 3.88. The van der Waals surface area contributed by atoms with Crippen LogP contribution in [0.25, 0.3) is 0 Å². The van der Waals surface area contributed by atoms with Crippen molar-refractivity contribution in [2.45, 2.75) is 33.6 Å². The van der Waals surface area contributed by atoms with Crippen molar-refractivity contribution in [1.29, 1.82) is 0 Å². The van der Waals surface area contributed by atoms with Gasteiger partial charge in [-0.3, -0.25) is 0 Å². The largest absolute Gasteiger partial charge is 0.396 e. The van der Waals surface area contributed by atoms with Crippen LogP contribution >= 0.6 is 0 Å². The second kappa shape index (κ2) is 6.06. The van der Waals surface area contributed by atoms with Gasteiger partial charge < -0.3 is 10.0 Å². The third-order valence-corrected chi connectivity index (χ3v) is 3.88. The van der Waals surface area contributed by atoms with Gasteiger partial charge in [0.25, 0.3) is 0 Å². The number of aliphatic hydroxyl groups is 1. The second-order valence-electron chi connectivity index (χ2n) is 5.06. The van der Waals surface area contributed by atoms with Gasteiger partial charge in [0.05, 0.1) is 6.61 Å². The number of nitrogens with zero attached hydrogens (tertiary/aromatic N) is 1. The molecule has 0 bridgehead atoms. The van der Waals surface area contributed by atoms with E-state index in [9.17, 15) is 5.11 Å². The topological polar surface area (TPSA) is 23.5 Å². The lowest BCUT2D eigenvalue weighted by Gasteiger charge is -2.35. The van der Waals surface area contributed by atoms with Crippen LogP contribution in [0.5, 0.6) is 0 Å². The van der Waals surface area contributed by atoms with Gasteiger partial charge in [0.2, 0.25) is 0 Å². The number of hydrogen-bond donors (Lipinski definition) is 1. The maximum absolute atomic E-state index is 9.59. The molecule has 0 unspecified atom stereocenters. The van der Waals surface area contributed by atoms with Gasteiger partial charge in [0, 0.05) is 24.7 Å². The third kappa shape index (κ3) is 3.47. The molecule has 0 fully saturated rings. The van der Waals surface area contributed by atoms with Crippen LogP contribution in [-0.4, -0.2) is 25.3 Å². The molecule has 0 aliphatic carbocycles. The van der Waals surface area contributed by atoms with Gasteiger partial charge in [-0.15, -0.1) is 0 Å². The lowest BCUT2D eigenvalue weighted by molar-refractivity contribution is 0.121. The Kier molecular flexibility index (Phi) is 5.01. The van der Waals surface area contributed by atoms with Crippen molar-refractivity contribution in [1.82, 2.24) is 0 Å². The van der Waals surface area contributed by atoms with Crippen molar-refractivity contribution in [2.75, 3.05) is 25.1 Å². The molecule has 96 valence electrons. The molecular formula is C15H25NO. The van der Waals surface area contributed by atoms with E-state index in [2.05, 4.69) is 57.0 Å². The summed E-state index contributed by atoms with van der Waals surface area (Å²) in [4.78, 5) is 2.24. The smallest absolute Gasteiger partial charge is 0.0504 e. The first-order chi connectivity index (χ1) is 8.06. The summed E-state index contributed by atoms with van der Waals surface area (Å²) in [5.74, 6) is 0. The van der Waals surface area contributed by atoms with E-state index in [0.717, 1.165) is 19.4 Å². The molecule has 2 heteroatoms. The molecule has 0 saturated heterocycles. The maximum Gasteiger partial charge on any atom is 0.0504 e. The van der Waals surface area contributed by atoms with E-state index in [1.165, 1.54) is 11.3 Å². The van der Waals surface area contributed by atoms with Crippen LogP contribution in [0, 0.1) is 12.3 Å². The van der Waals surface area contributed by atoms with Gasteiger partial charge >= 0.3 is 0 Å². The van der Waals surface area contributed by atoms with E-state index in [-0.39, 0.29) is 12.0 Å². The fourth-order valence-corrected chi connectivity index (χ4v) is 2.14. The number of rotatable bonds is 6. The van der Waals surface area contributed by atoms with Crippen molar-refractivity contribution < 1.29 is 5.11 Å². The second-order valence-corrected chi connectivity index (χ2v) is 5.06. The van der Waals surface area contributed by atoms with E-state index in [0.29, 0.717) is 0 Å². The van der Waals surface area contributed by atoms with Crippen LogP contribution in [-0.2, 0) is 0 Å². The number of anilines is 1. The summed E-state index contributed by atoms with van der Waals surface area (Å²) in [6.45, 7) is 7.57. The predicted octanol–water partition coefficient (Wildman–Crippen LogP) is 3.23. The van der Waals surface area contributed by atoms with E-state index >= 15 is 0 Å². The first kappa shape index (κ1) is 14.0. The summed E-state index contributed by atoms with van der Waals surface area (Å²) in [5, 5.41) is 9.59. The molecule has 1 aromatic rings. The van der Waals surface area contributed by atoms with Crippen molar-refractivity contribution in [3.8, 4) is 0 Å². The van der Waals surface area contributed by atoms with Crippen LogP contribution in [0.1, 0.15) is 32.3 Å². The number of hydrogen-bond acceptors (Lipinski definition) is 2. The highest BCUT2D eigenvalue weighted by atomic mass is 16.3. The normalized spacial score (nSPS) is 11.6. The molecule has 1 aromatic carbocycles. The molecule has 17 heavy (non-hydrogen) atoms. The van der Waals surface area contributed by atoms with Crippen LogP contribution < -0.4 is 4.90 Å². The molecule has 0 amide bonds. The Balaban J connectivity index is 2.76. The summed E-state index contributed by atoms with van der Waals surface area (Å²) in [5.41, 5.74) is 2.52. The SMILES string of the molecule is CCC(CC)(CO)CN(C)c1ccc(C)cc1. The maximum atomic E-state index is 9.59. The molecule has 2 nitrogen and oxygen atoms in total. The minimum absolute atomic E-state index is 0.0274. The Hall–Kier alpha value is -1.02. The zero-order chi connectivity index (χ0) is 12.9. The van der Waals surface area contributed by atoms with Crippen LogP contribution in [0.3, 0.4) is 0 Å². The standard InChI is InChI=1S/C15H25NO/c1-5-15(6-2,12-17)11-16(4)14-9-7-13(3)8-10-14/h7-10,17H,5-6,11-12H2,1-4H3. The average molecular weight is 235 g/mol. The van der Waals surface area contributed by atoms with E-state index in [4.69, 9.17) is 0 Å². The zero-order valence-corrected chi connectivity index (χ0v) is 11.5. The number of aliphatic hydroxyl groups excluding tert-OH is 1. The van der Waals surface area contributed by atoms with Crippen LogP contribution in [0.4, 0.5) is 5.69 Å².